The Kier molecular flexibility index (Phi) is 5.49. The van der Waals surface area contributed by atoms with Crippen molar-refractivity contribution in [3.63, 3.8) is 0 Å². The highest BCUT2D eigenvalue weighted by atomic mass is 32.2. The molecule has 1 atom stereocenters. The molecule has 1 unspecified atom stereocenters. The second kappa shape index (κ2) is 6.68. The molecule has 0 aliphatic carbocycles. The summed E-state index contributed by atoms with van der Waals surface area (Å²) in [6, 6.07) is -0.0456. The molecule has 15 heavy (non-hydrogen) atoms. The van der Waals surface area contributed by atoms with Crippen LogP contribution in [0.15, 0.2) is 0 Å². The van der Waals surface area contributed by atoms with Crippen LogP contribution in [0.25, 0.3) is 0 Å². The summed E-state index contributed by atoms with van der Waals surface area (Å²) in [5.41, 5.74) is 0. The highest BCUT2D eigenvalue weighted by Crippen LogP contribution is 2.08. The number of carbonyl (C=O) groups is 2. The van der Waals surface area contributed by atoms with Gasteiger partial charge in [-0.15, -0.1) is 11.8 Å². The maximum absolute atomic E-state index is 11.5. The minimum atomic E-state index is -0.0456. The van der Waals surface area contributed by atoms with Gasteiger partial charge in [-0.1, -0.05) is 0 Å². The van der Waals surface area contributed by atoms with Gasteiger partial charge in [-0.2, -0.15) is 0 Å². The van der Waals surface area contributed by atoms with Gasteiger partial charge in [-0.25, -0.2) is 0 Å². The lowest BCUT2D eigenvalue weighted by Gasteiger charge is -2.10. The lowest BCUT2D eigenvalue weighted by Crippen LogP contribution is -2.42. The highest BCUT2D eigenvalue weighted by Gasteiger charge is 2.21. The van der Waals surface area contributed by atoms with Crippen molar-refractivity contribution >= 4 is 23.6 Å². The van der Waals surface area contributed by atoms with E-state index in [-0.39, 0.29) is 17.9 Å². The van der Waals surface area contributed by atoms with Crippen LogP contribution in [0.1, 0.15) is 13.3 Å². The van der Waals surface area contributed by atoms with Crippen LogP contribution in [0.3, 0.4) is 0 Å². The maximum atomic E-state index is 11.5. The third-order valence-corrected chi connectivity index (χ3v) is 3.00. The van der Waals surface area contributed by atoms with Crippen molar-refractivity contribution in [1.82, 2.24) is 16.0 Å². The fourth-order valence-electron chi connectivity index (χ4n) is 1.25. The van der Waals surface area contributed by atoms with Crippen molar-refractivity contribution in [2.24, 2.45) is 0 Å². The molecule has 6 heteroatoms. The Morgan fingerprint density at radius 1 is 1.40 bits per heavy atom. The van der Waals surface area contributed by atoms with Gasteiger partial charge in [0.25, 0.3) is 0 Å². The molecule has 0 aromatic heterocycles. The molecule has 1 fully saturated rings. The smallest absolute Gasteiger partial charge is 0.238 e. The van der Waals surface area contributed by atoms with Gasteiger partial charge in [0.05, 0.1) is 6.04 Å². The molecule has 1 heterocycles. The third kappa shape index (κ3) is 5.03. The lowest BCUT2D eigenvalue weighted by atomic mass is 10.3. The summed E-state index contributed by atoms with van der Waals surface area (Å²) >= 11 is 1.73. The molecule has 0 spiro atoms. The molecule has 0 bridgehead atoms. The molecule has 1 aliphatic rings. The molecule has 5 nitrogen and oxygen atoms in total. The number of thioether (sulfide) groups is 1. The van der Waals surface area contributed by atoms with Gasteiger partial charge in [0.1, 0.15) is 0 Å². The van der Waals surface area contributed by atoms with E-state index < -0.39 is 0 Å². The summed E-state index contributed by atoms with van der Waals surface area (Å²) in [6.07, 6.45) is 0.769. The molecule has 2 amide bonds. The van der Waals surface area contributed by atoms with E-state index in [1.165, 1.54) is 6.92 Å². The third-order valence-electron chi connectivity index (χ3n) is 2.06. The van der Waals surface area contributed by atoms with Gasteiger partial charge in [-0.3, -0.25) is 14.9 Å². The van der Waals surface area contributed by atoms with Crippen LogP contribution in [0, 0.1) is 0 Å². The zero-order valence-corrected chi connectivity index (χ0v) is 9.65. The molecule has 0 aromatic carbocycles. The first kappa shape index (κ1) is 12.3. The van der Waals surface area contributed by atoms with E-state index in [0.717, 1.165) is 18.1 Å². The summed E-state index contributed by atoms with van der Waals surface area (Å²) in [6.45, 7) is 2.71. The molecule has 86 valence electrons. The summed E-state index contributed by atoms with van der Waals surface area (Å²) in [4.78, 5) is 22.0. The quantitative estimate of drug-likeness (QED) is 0.547. The summed E-state index contributed by atoms with van der Waals surface area (Å²) in [5.74, 6) is 1.72. The number of rotatable bonds is 5. The standard InChI is InChI=1S/C9H17N3O2S/c1-7(13)10-3-2-4-11-9(14)8-5-15-6-12-8/h8,12H,2-6H2,1H3,(H,10,13)(H,11,14). The Labute approximate surface area is 93.7 Å². The largest absolute Gasteiger partial charge is 0.356 e. The minimum absolute atomic E-state index is 0.0322. The van der Waals surface area contributed by atoms with Crippen LogP contribution in [-0.2, 0) is 9.59 Å². The summed E-state index contributed by atoms with van der Waals surface area (Å²) < 4.78 is 0. The molecule has 3 N–H and O–H groups in total. The number of carbonyl (C=O) groups excluding carboxylic acids is 2. The van der Waals surface area contributed by atoms with Crippen molar-refractivity contribution in [3.05, 3.63) is 0 Å². The van der Waals surface area contributed by atoms with Crippen LogP contribution < -0.4 is 16.0 Å². The van der Waals surface area contributed by atoms with Crippen molar-refractivity contribution < 1.29 is 9.59 Å². The first-order chi connectivity index (χ1) is 7.20. The van der Waals surface area contributed by atoms with E-state index >= 15 is 0 Å². The van der Waals surface area contributed by atoms with Crippen LogP contribution >= 0.6 is 11.8 Å². The average Bonchev–Trinajstić information content (AvgIpc) is 2.69. The molecule has 0 aromatic rings. The van der Waals surface area contributed by atoms with Crippen LogP contribution in [0.4, 0.5) is 0 Å². The topological polar surface area (TPSA) is 70.2 Å². The number of hydrogen-bond acceptors (Lipinski definition) is 4. The average molecular weight is 231 g/mol. The number of nitrogens with one attached hydrogen (secondary N) is 3. The van der Waals surface area contributed by atoms with Gasteiger partial charge in [-0.05, 0) is 6.42 Å². The Balaban J connectivity index is 1.99. The molecular formula is C9H17N3O2S. The zero-order valence-electron chi connectivity index (χ0n) is 8.84. The van der Waals surface area contributed by atoms with Gasteiger partial charge < -0.3 is 10.6 Å². The Hall–Kier alpha value is -0.750. The van der Waals surface area contributed by atoms with E-state index in [1.807, 2.05) is 0 Å². The predicted molar refractivity (Wildman–Crippen MR) is 60.6 cm³/mol. The van der Waals surface area contributed by atoms with Crippen LogP contribution in [0.5, 0.6) is 0 Å². The molecule has 0 radical (unpaired) electrons. The van der Waals surface area contributed by atoms with Crippen molar-refractivity contribution in [2.75, 3.05) is 24.7 Å². The van der Waals surface area contributed by atoms with Crippen molar-refractivity contribution in [1.29, 1.82) is 0 Å². The summed E-state index contributed by atoms with van der Waals surface area (Å²) in [5, 5.41) is 8.61. The van der Waals surface area contributed by atoms with Gasteiger partial charge >= 0.3 is 0 Å². The fourth-order valence-corrected chi connectivity index (χ4v) is 2.19. The van der Waals surface area contributed by atoms with E-state index in [4.69, 9.17) is 0 Å². The van der Waals surface area contributed by atoms with Crippen LogP contribution in [0.2, 0.25) is 0 Å². The van der Waals surface area contributed by atoms with E-state index in [0.29, 0.717) is 13.1 Å². The SMILES string of the molecule is CC(=O)NCCCNC(=O)C1CSCN1. The molecule has 1 rings (SSSR count). The van der Waals surface area contributed by atoms with Gasteiger partial charge in [0, 0.05) is 31.6 Å². The zero-order chi connectivity index (χ0) is 11.1. The van der Waals surface area contributed by atoms with Gasteiger partial charge in [0.15, 0.2) is 0 Å². The molecular weight excluding hydrogens is 214 g/mol. The van der Waals surface area contributed by atoms with E-state index in [9.17, 15) is 9.59 Å². The monoisotopic (exact) mass is 231 g/mol. The minimum Gasteiger partial charge on any atom is -0.356 e. The first-order valence-electron chi connectivity index (χ1n) is 5.03. The van der Waals surface area contributed by atoms with E-state index in [2.05, 4.69) is 16.0 Å². The Morgan fingerprint density at radius 3 is 2.73 bits per heavy atom. The maximum Gasteiger partial charge on any atom is 0.238 e. The second-order valence-electron chi connectivity index (χ2n) is 3.40. The predicted octanol–water partition coefficient (Wildman–Crippen LogP) is -0.709. The van der Waals surface area contributed by atoms with E-state index in [1.54, 1.807) is 11.8 Å². The lowest BCUT2D eigenvalue weighted by molar-refractivity contribution is -0.122. The molecule has 1 saturated heterocycles. The van der Waals surface area contributed by atoms with Crippen molar-refractivity contribution in [2.45, 2.75) is 19.4 Å². The number of amides is 2. The second-order valence-corrected chi connectivity index (χ2v) is 4.43. The fraction of sp³-hybridized carbons (Fsp3) is 0.778. The molecule has 0 saturated carbocycles. The Morgan fingerprint density at radius 2 is 2.13 bits per heavy atom. The Bertz CT molecular complexity index is 229. The number of hydrogen-bond donors (Lipinski definition) is 3. The van der Waals surface area contributed by atoms with Crippen LogP contribution in [-0.4, -0.2) is 42.6 Å². The van der Waals surface area contributed by atoms with Gasteiger partial charge in [0.2, 0.25) is 11.8 Å². The normalized spacial score (nSPS) is 19.9. The van der Waals surface area contributed by atoms with Crippen molar-refractivity contribution in [3.8, 4) is 0 Å². The summed E-state index contributed by atoms with van der Waals surface area (Å²) in [7, 11) is 0. The molecule has 1 aliphatic heterocycles. The first-order valence-corrected chi connectivity index (χ1v) is 6.19. The highest BCUT2D eigenvalue weighted by molar-refractivity contribution is 7.99.